The minimum Gasteiger partial charge on any atom is -0.310 e. The second-order valence-corrected chi connectivity index (χ2v) is 5.56. The smallest absolute Gasteiger partial charge is 0.176 e. The molecule has 1 rings (SSSR count). The molecule has 0 aliphatic rings. The SMILES string of the molecule is CC(C)CCNCC(=O)c1ccc(C(C)C)cc1. The van der Waals surface area contributed by atoms with Gasteiger partial charge in [-0.15, -0.1) is 0 Å². The van der Waals surface area contributed by atoms with Gasteiger partial charge in [0.1, 0.15) is 0 Å². The summed E-state index contributed by atoms with van der Waals surface area (Å²) in [7, 11) is 0. The lowest BCUT2D eigenvalue weighted by Gasteiger charge is -2.08. The summed E-state index contributed by atoms with van der Waals surface area (Å²) in [5, 5.41) is 3.20. The molecule has 0 aliphatic heterocycles. The summed E-state index contributed by atoms with van der Waals surface area (Å²) in [4.78, 5) is 11.9. The molecule has 0 atom stereocenters. The van der Waals surface area contributed by atoms with Gasteiger partial charge < -0.3 is 5.32 Å². The molecule has 0 heterocycles. The zero-order chi connectivity index (χ0) is 13.5. The molecule has 0 bridgehead atoms. The van der Waals surface area contributed by atoms with Crippen molar-refractivity contribution >= 4 is 5.78 Å². The minimum atomic E-state index is 0.175. The van der Waals surface area contributed by atoms with Gasteiger partial charge in [0.2, 0.25) is 0 Å². The lowest BCUT2D eigenvalue weighted by Crippen LogP contribution is -2.24. The molecule has 0 aromatic heterocycles. The van der Waals surface area contributed by atoms with Crippen LogP contribution in [0.2, 0.25) is 0 Å². The fourth-order valence-electron chi connectivity index (χ4n) is 1.75. The molecule has 1 N–H and O–H groups in total. The van der Waals surface area contributed by atoms with Crippen molar-refractivity contribution in [2.45, 2.75) is 40.0 Å². The van der Waals surface area contributed by atoms with Crippen molar-refractivity contribution in [2.24, 2.45) is 5.92 Å². The average molecular weight is 247 g/mol. The van der Waals surface area contributed by atoms with Gasteiger partial charge in [0, 0.05) is 5.56 Å². The number of Topliss-reactive ketones (excluding diaryl/α,β-unsaturated/α-hetero) is 1. The molecule has 0 spiro atoms. The van der Waals surface area contributed by atoms with E-state index in [-0.39, 0.29) is 5.78 Å². The van der Waals surface area contributed by atoms with Gasteiger partial charge in [-0.25, -0.2) is 0 Å². The second-order valence-electron chi connectivity index (χ2n) is 5.56. The minimum absolute atomic E-state index is 0.175. The monoisotopic (exact) mass is 247 g/mol. The predicted molar refractivity (Wildman–Crippen MR) is 77.2 cm³/mol. The van der Waals surface area contributed by atoms with Crippen molar-refractivity contribution in [2.75, 3.05) is 13.1 Å². The fraction of sp³-hybridized carbons (Fsp3) is 0.562. The van der Waals surface area contributed by atoms with Crippen molar-refractivity contribution in [3.05, 3.63) is 35.4 Å². The number of carbonyl (C=O) groups excluding carboxylic acids is 1. The highest BCUT2D eigenvalue weighted by Gasteiger charge is 2.06. The summed E-state index contributed by atoms with van der Waals surface area (Å²) in [6.45, 7) is 10.0. The Kier molecular flexibility index (Phi) is 6.06. The van der Waals surface area contributed by atoms with Crippen LogP contribution in [0, 0.1) is 5.92 Å². The Bertz CT molecular complexity index is 365. The predicted octanol–water partition coefficient (Wildman–Crippen LogP) is 3.63. The molecule has 1 aromatic carbocycles. The Balaban J connectivity index is 2.42. The van der Waals surface area contributed by atoms with Gasteiger partial charge in [0.15, 0.2) is 5.78 Å². The highest BCUT2D eigenvalue weighted by molar-refractivity contribution is 5.97. The van der Waals surface area contributed by atoms with Gasteiger partial charge in [-0.05, 0) is 30.4 Å². The number of rotatable bonds is 7. The molecule has 18 heavy (non-hydrogen) atoms. The van der Waals surface area contributed by atoms with Gasteiger partial charge in [-0.3, -0.25) is 4.79 Å². The summed E-state index contributed by atoms with van der Waals surface area (Å²) in [5.41, 5.74) is 2.08. The second kappa shape index (κ2) is 7.32. The molecule has 1 aromatic rings. The third-order valence-electron chi connectivity index (χ3n) is 3.08. The quantitative estimate of drug-likeness (QED) is 0.589. The maximum absolute atomic E-state index is 11.9. The number of nitrogens with one attached hydrogen (secondary N) is 1. The molecule has 0 amide bonds. The van der Waals surface area contributed by atoms with E-state index in [0.29, 0.717) is 18.4 Å². The van der Waals surface area contributed by atoms with Crippen LogP contribution >= 0.6 is 0 Å². The molecule has 0 unspecified atom stereocenters. The van der Waals surface area contributed by atoms with Crippen molar-refractivity contribution in [1.29, 1.82) is 0 Å². The number of hydrogen-bond donors (Lipinski definition) is 1. The normalized spacial score (nSPS) is 11.2. The van der Waals surface area contributed by atoms with Crippen molar-refractivity contribution in [1.82, 2.24) is 5.32 Å². The van der Waals surface area contributed by atoms with Crippen LogP contribution in [0.15, 0.2) is 24.3 Å². The van der Waals surface area contributed by atoms with Crippen LogP contribution in [-0.2, 0) is 0 Å². The van der Waals surface area contributed by atoms with E-state index in [4.69, 9.17) is 0 Å². The molecule has 2 heteroatoms. The lowest BCUT2D eigenvalue weighted by atomic mass is 10.0. The van der Waals surface area contributed by atoms with Crippen molar-refractivity contribution < 1.29 is 4.79 Å². The summed E-state index contributed by atoms with van der Waals surface area (Å²) in [6, 6.07) is 7.96. The third kappa shape index (κ3) is 5.01. The molecule has 100 valence electrons. The molecular weight excluding hydrogens is 222 g/mol. The third-order valence-corrected chi connectivity index (χ3v) is 3.08. The van der Waals surface area contributed by atoms with Gasteiger partial charge in [-0.1, -0.05) is 52.0 Å². The number of hydrogen-bond acceptors (Lipinski definition) is 2. The highest BCUT2D eigenvalue weighted by Crippen LogP contribution is 2.14. The van der Waals surface area contributed by atoms with E-state index >= 15 is 0 Å². The van der Waals surface area contributed by atoms with E-state index < -0.39 is 0 Å². The van der Waals surface area contributed by atoms with Gasteiger partial charge in [0.25, 0.3) is 0 Å². The van der Waals surface area contributed by atoms with Crippen LogP contribution in [0.3, 0.4) is 0 Å². The van der Waals surface area contributed by atoms with Crippen LogP contribution in [-0.4, -0.2) is 18.9 Å². The Labute approximate surface area is 111 Å². The van der Waals surface area contributed by atoms with E-state index in [2.05, 4.69) is 33.0 Å². The topological polar surface area (TPSA) is 29.1 Å². The zero-order valence-corrected chi connectivity index (χ0v) is 12.0. The molecular formula is C16H25NO. The zero-order valence-electron chi connectivity index (χ0n) is 12.0. The van der Waals surface area contributed by atoms with Crippen LogP contribution in [0.1, 0.15) is 56.0 Å². The van der Waals surface area contributed by atoms with Crippen LogP contribution in [0.25, 0.3) is 0 Å². The first kappa shape index (κ1) is 14.9. The van der Waals surface area contributed by atoms with E-state index in [1.165, 1.54) is 5.56 Å². The maximum atomic E-state index is 11.9. The number of ketones is 1. The van der Waals surface area contributed by atoms with Gasteiger partial charge in [-0.2, -0.15) is 0 Å². The first-order valence-electron chi connectivity index (χ1n) is 6.84. The van der Waals surface area contributed by atoms with Crippen LogP contribution < -0.4 is 5.32 Å². The molecule has 0 radical (unpaired) electrons. The van der Waals surface area contributed by atoms with E-state index in [9.17, 15) is 4.79 Å². The van der Waals surface area contributed by atoms with Crippen LogP contribution in [0.5, 0.6) is 0 Å². The van der Waals surface area contributed by atoms with Crippen LogP contribution in [0.4, 0.5) is 0 Å². The first-order valence-corrected chi connectivity index (χ1v) is 6.84. The van der Waals surface area contributed by atoms with E-state index in [0.717, 1.165) is 18.5 Å². The fourth-order valence-corrected chi connectivity index (χ4v) is 1.75. The van der Waals surface area contributed by atoms with Gasteiger partial charge >= 0.3 is 0 Å². The Hall–Kier alpha value is -1.15. The molecule has 0 fully saturated rings. The largest absolute Gasteiger partial charge is 0.310 e. The van der Waals surface area contributed by atoms with Crippen molar-refractivity contribution in [3.8, 4) is 0 Å². The highest BCUT2D eigenvalue weighted by atomic mass is 16.1. The standard InChI is InChI=1S/C16H25NO/c1-12(2)9-10-17-11-16(18)15-7-5-14(6-8-15)13(3)4/h5-8,12-13,17H,9-11H2,1-4H3. The first-order chi connectivity index (χ1) is 8.50. The summed E-state index contributed by atoms with van der Waals surface area (Å²) >= 11 is 0. The summed E-state index contributed by atoms with van der Waals surface area (Å²) in [6.07, 6.45) is 1.11. The van der Waals surface area contributed by atoms with E-state index in [1.807, 2.05) is 24.3 Å². The Morgan fingerprint density at radius 2 is 1.72 bits per heavy atom. The lowest BCUT2D eigenvalue weighted by molar-refractivity contribution is 0.0991. The molecule has 0 aliphatic carbocycles. The number of carbonyl (C=O) groups is 1. The molecule has 0 saturated carbocycles. The maximum Gasteiger partial charge on any atom is 0.176 e. The Morgan fingerprint density at radius 1 is 1.11 bits per heavy atom. The average Bonchev–Trinajstić information content (AvgIpc) is 2.34. The molecule has 2 nitrogen and oxygen atoms in total. The Morgan fingerprint density at radius 3 is 2.22 bits per heavy atom. The summed E-state index contributed by atoms with van der Waals surface area (Å²) in [5.74, 6) is 1.37. The number of benzene rings is 1. The van der Waals surface area contributed by atoms with Crippen molar-refractivity contribution in [3.63, 3.8) is 0 Å². The van der Waals surface area contributed by atoms with Gasteiger partial charge in [0.05, 0.1) is 6.54 Å². The summed E-state index contributed by atoms with van der Waals surface area (Å²) < 4.78 is 0. The van der Waals surface area contributed by atoms with E-state index in [1.54, 1.807) is 0 Å². The molecule has 0 saturated heterocycles.